The van der Waals surface area contributed by atoms with E-state index < -0.39 is 0 Å². The Bertz CT molecular complexity index is 398. The second-order valence-corrected chi connectivity index (χ2v) is 3.40. The first-order valence-electron chi connectivity index (χ1n) is 4.72. The molecule has 1 aliphatic rings. The Labute approximate surface area is 87.4 Å². The largest absolute Gasteiger partial charge is 0.507 e. The van der Waals surface area contributed by atoms with Crippen LogP contribution in [-0.2, 0) is 17.8 Å². The molecule has 0 unspecified atom stereocenters. The zero-order chi connectivity index (χ0) is 10.8. The highest BCUT2D eigenvalue weighted by molar-refractivity contribution is 5.85. The molecule has 1 N–H and O–H groups in total. The van der Waals surface area contributed by atoms with Crippen molar-refractivity contribution in [1.29, 1.82) is 0 Å². The molecule has 2 rings (SSSR count). The average Bonchev–Trinajstić information content (AvgIpc) is 2.29. The molecule has 0 aromatic heterocycles. The summed E-state index contributed by atoms with van der Waals surface area (Å²) >= 11 is 0. The van der Waals surface area contributed by atoms with Gasteiger partial charge < -0.3 is 14.6 Å². The number of fused-ring (bicyclic) bond motifs is 1. The second kappa shape index (κ2) is 3.90. The summed E-state index contributed by atoms with van der Waals surface area (Å²) in [6, 6.07) is 1.79. The molecule has 0 spiro atoms. The number of carbonyl (C=O) groups excluding carboxylic acids is 1. The minimum Gasteiger partial charge on any atom is -0.507 e. The van der Waals surface area contributed by atoms with E-state index in [0.29, 0.717) is 30.8 Å². The Morgan fingerprint density at radius 2 is 2.40 bits per heavy atom. The van der Waals surface area contributed by atoms with Crippen LogP contribution < -0.4 is 4.74 Å². The number of hydrogen-bond donors (Lipinski definition) is 1. The van der Waals surface area contributed by atoms with Crippen LogP contribution in [0.15, 0.2) is 6.07 Å². The molecule has 1 aromatic rings. The van der Waals surface area contributed by atoms with Crippen LogP contribution in [-0.4, -0.2) is 25.1 Å². The van der Waals surface area contributed by atoms with E-state index in [4.69, 9.17) is 9.47 Å². The molecule has 0 saturated carbocycles. The lowest BCUT2D eigenvalue weighted by molar-refractivity contribution is 0.107. The molecule has 0 saturated heterocycles. The molecular weight excluding hydrogens is 196 g/mol. The highest BCUT2D eigenvalue weighted by atomic mass is 16.5. The minimum atomic E-state index is -0.0148. The number of aromatic hydroxyl groups is 1. The van der Waals surface area contributed by atoms with E-state index in [1.165, 1.54) is 7.11 Å². The summed E-state index contributed by atoms with van der Waals surface area (Å²) in [5.74, 6) is 0.405. The standard InChI is InChI=1S/C11H12O4/c1-14-10-4-7-2-3-15-6-9(7)11(13)8(10)5-12/h4-5,13H,2-3,6H2,1H3. The van der Waals surface area contributed by atoms with Crippen molar-refractivity contribution in [3.63, 3.8) is 0 Å². The van der Waals surface area contributed by atoms with Gasteiger partial charge >= 0.3 is 0 Å². The third-order valence-corrected chi connectivity index (χ3v) is 2.60. The van der Waals surface area contributed by atoms with Gasteiger partial charge in [-0.1, -0.05) is 0 Å². The van der Waals surface area contributed by atoms with Gasteiger partial charge in [0, 0.05) is 5.56 Å². The topological polar surface area (TPSA) is 55.8 Å². The van der Waals surface area contributed by atoms with Gasteiger partial charge in [0.15, 0.2) is 6.29 Å². The summed E-state index contributed by atoms with van der Waals surface area (Å²) in [6.07, 6.45) is 1.33. The maximum atomic E-state index is 10.8. The van der Waals surface area contributed by atoms with Gasteiger partial charge in [-0.15, -0.1) is 0 Å². The molecule has 4 heteroatoms. The van der Waals surface area contributed by atoms with E-state index in [2.05, 4.69) is 0 Å². The number of rotatable bonds is 2. The van der Waals surface area contributed by atoms with Crippen LogP contribution in [0.4, 0.5) is 0 Å². The summed E-state index contributed by atoms with van der Waals surface area (Å²) < 4.78 is 10.3. The third kappa shape index (κ3) is 1.57. The number of phenols is 1. The molecule has 0 amide bonds. The number of carbonyl (C=O) groups is 1. The van der Waals surface area contributed by atoms with Crippen LogP contribution in [0.1, 0.15) is 21.5 Å². The van der Waals surface area contributed by atoms with Gasteiger partial charge in [-0.3, -0.25) is 4.79 Å². The van der Waals surface area contributed by atoms with Crippen molar-refractivity contribution >= 4 is 6.29 Å². The Hall–Kier alpha value is -1.55. The van der Waals surface area contributed by atoms with Crippen molar-refractivity contribution in [3.05, 3.63) is 22.8 Å². The molecular formula is C11H12O4. The first-order valence-corrected chi connectivity index (χ1v) is 4.72. The number of benzene rings is 1. The molecule has 1 aromatic carbocycles. The van der Waals surface area contributed by atoms with Crippen molar-refractivity contribution in [2.45, 2.75) is 13.0 Å². The monoisotopic (exact) mass is 208 g/mol. The molecule has 0 fully saturated rings. The van der Waals surface area contributed by atoms with Gasteiger partial charge in [0.05, 0.1) is 25.9 Å². The summed E-state index contributed by atoms with van der Waals surface area (Å²) in [6.45, 7) is 0.988. The minimum absolute atomic E-state index is 0.0148. The van der Waals surface area contributed by atoms with E-state index in [-0.39, 0.29) is 11.3 Å². The van der Waals surface area contributed by atoms with Crippen molar-refractivity contribution in [2.24, 2.45) is 0 Å². The van der Waals surface area contributed by atoms with Gasteiger partial charge in [-0.05, 0) is 18.1 Å². The van der Waals surface area contributed by atoms with E-state index in [9.17, 15) is 9.90 Å². The second-order valence-electron chi connectivity index (χ2n) is 3.40. The Kier molecular flexibility index (Phi) is 2.60. The summed E-state index contributed by atoms with van der Waals surface area (Å²) in [5, 5.41) is 9.86. The number of methoxy groups -OCH3 is 1. The van der Waals surface area contributed by atoms with E-state index >= 15 is 0 Å². The summed E-state index contributed by atoms with van der Waals surface area (Å²) in [5.41, 5.74) is 1.88. The predicted molar refractivity (Wildman–Crippen MR) is 53.4 cm³/mol. The number of hydrogen-bond acceptors (Lipinski definition) is 4. The van der Waals surface area contributed by atoms with Gasteiger partial charge in [0.1, 0.15) is 11.5 Å². The molecule has 4 nitrogen and oxygen atoms in total. The lowest BCUT2D eigenvalue weighted by Gasteiger charge is -2.20. The zero-order valence-corrected chi connectivity index (χ0v) is 8.45. The van der Waals surface area contributed by atoms with E-state index in [1.807, 2.05) is 0 Å². The van der Waals surface area contributed by atoms with Gasteiger partial charge in [-0.25, -0.2) is 0 Å². The quantitative estimate of drug-likeness (QED) is 0.744. The number of ether oxygens (including phenoxy) is 2. The molecule has 0 aliphatic carbocycles. The van der Waals surface area contributed by atoms with Crippen molar-refractivity contribution < 1.29 is 19.4 Å². The Morgan fingerprint density at radius 1 is 1.60 bits per heavy atom. The smallest absolute Gasteiger partial charge is 0.157 e. The molecule has 0 bridgehead atoms. The molecule has 1 heterocycles. The normalized spacial score (nSPS) is 14.5. The first kappa shape index (κ1) is 9.98. The number of aldehydes is 1. The van der Waals surface area contributed by atoms with Crippen molar-refractivity contribution in [1.82, 2.24) is 0 Å². The fraction of sp³-hybridized carbons (Fsp3) is 0.364. The maximum absolute atomic E-state index is 10.8. The van der Waals surface area contributed by atoms with Crippen LogP contribution in [0.3, 0.4) is 0 Å². The first-order chi connectivity index (χ1) is 7.27. The highest BCUT2D eigenvalue weighted by Gasteiger charge is 2.20. The lowest BCUT2D eigenvalue weighted by atomic mass is 9.98. The predicted octanol–water partition coefficient (Wildman–Crippen LogP) is 1.29. The van der Waals surface area contributed by atoms with Gasteiger partial charge in [0.25, 0.3) is 0 Å². The van der Waals surface area contributed by atoms with Crippen LogP contribution >= 0.6 is 0 Å². The zero-order valence-electron chi connectivity index (χ0n) is 8.45. The molecule has 0 atom stereocenters. The van der Waals surface area contributed by atoms with E-state index in [0.717, 1.165) is 12.0 Å². The maximum Gasteiger partial charge on any atom is 0.157 e. The summed E-state index contributed by atoms with van der Waals surface area (Å²) in [7, 11) is 1.48. The SMILES string of the molecule is COc1cc2c(c(O)c1C=O)COCC2. The van der Waals surface area contributed by atoms with Crippen molar-refractivity contribution in [3.8, 4) is 11.5 Å². The average molecular weight is 208 g/mol. The van der Waals surface area contributed by atoms with Crippen LogP contribution in [0.2, 0.25) is 0 Å². The lowest BCUT2D eigenvalue weighted by Crippen LogP contribution is -2.11. The van der Waals surface area contributed by atoms with Crippen LogP contribution in [0.25, 0.3) is 0 Å². The van der Waals surface area contributed by atoms with Gasteiger partial charge in [-0.2, -0.15) is 0 Å². The summed E-state index contributed by atoms with van der Waals surface area (Å²) in [4.78, 5) is 10.8. The molecule has 0 radical (unpaired) electrons. The van der Waals surface area contributed by atoms with Crippen LogP contribution in [0, 0.1) is 0 Å². The van der Waals surface area contributed by atoms with Gasteiger partial charge in [0.2, 0.25) is 0 Å². The molecule has 80 valence electrons. The fourth-order valence-electron chi connectivity index (χ4n) is 1.78. The Balaban J connectivity index is 2.61. The van der Waals surface area contributed by atoms with Crippen LogP contribution in [0.5, 0.6) is 11.5 Å². The molecule has 15 heavy (non-hydrogen) atoms. The highest BCUT2D eigenvalue weighted by Crippen LogP contribution is 2.35. The molecule has 1 aliphatic heterocycles. The fourth-order valence-corrected chi connectivity index (χ4v) is 1.78. The number of phenolic OH excluding ortho intramolecular Hbond substituents is 1. The van der Waals surface area contributed by atoms with Crippen molar-refractivity contribution in [2.75, 3.05) is 13.7 Å². The Morgan fingerprint density at radius 3 is 3.07 bits per heavy atom. The third-order valence-electron chi connectivity index (χ3n) is 2.60. The van der Waals surface area contributed by atoms with E-state index in [1.54, 1.807) is 6.07 Å².